The second kappa shape index (κ2) is 32.4. The van der Waals surface area contributed by atoms with Crippen LogP contribution in [0.4, 0.5) is 0 Å². The van der Waals surface area contributed by atoms with E-state index in [9.17, 15) is 0 Å². The minimum atomic E-state index is 1.25. The zero-order valence-corrected chi connectivity index (χ0v) is 9.54. The Morgan fingerprint density at radius 1 is 0.455 bits per heavy atom. The van der Waals surface area contributed by atoms with Crippen LogP contribution in [0.5, 0.6) is 0 Å². The van der Waals surface area contributed by atoms with Gasteiger partial charge in [0.1, 0.15) is 0 Å². The van der Waals surface area contributed by atoms with Crippen LogP contribution >= 0.6 is 0 Å². The van der Waals surface area contributed by atoms with Crippen LogP contribution in [0.25, 0.3) is 0 Å². The van der Waals surface area contributed by atoms with E-state index in [2.05, 4.69) is 41.5 Å². The Hall–Kier alpha value is 0. The normalized spacial score (nSPS) is 7.09. The van der Waals surface area contributed by atoms with Gasteiger partial charge in [0.05, 0.1) is 0 Å². The van der Waals surface area contributed by atoms with Crippen molar-refractivity contribution in [3.05, 3.63) is 0 Å². The Kier molecular flexibility index (Phi) is 50.6. The summed E-state index contributed by atoms with van der Waals surface area (Å²) in [7, 11) is 0. The van der Waals surface area contributed by atoms with Gasteiger partial charge in [-0.15, -0.1) is 0 Å². The average molecular weight is 160 g/mol. The molecule has 0 aromatic rings. The monoisotopic (exact) mass is 160 g/mol. The Labute approximate surface area is 74.4 Å². The quantitative estimate of drug-likeness (QED) is 0.531. The summed E-state index contributed by atoms with van der Waals surface area (Å²) >= 11 is 0. The van der Waals surface area contributed by atoms with Crippen molar-refractivity contribution in [3.8, 4) is 0 Å². The third-order valence-corrected chi connectivity index (χ3v) is 1.000. The predicted molar refractivity (Wildman–Crippen MR) is 57.1 cm³/mol. The van der Waals surface area contributed by atoms with Gasteiger partial charge in [-0.3, -0.25) is 0 Å². The van der Waals surface area contributed by atoms with Gasteiger partial charge < -0.3 is 0 Å². The SMILES string of the molecule is CCC.CCCC.CCCC. The predicted octanol–water partition coefficient (Wildman–Crippen LogP) is 5.03. The maximum atomic E-state index is 2.18. The fourth-order valence-corrected chi connectivity index (χ4v) is 0. The van der Waals surface area contributed by atoms with Gasteiger partial charge in [0.15, 0.2) is 0 Å². The summed E-state index contributed by atoms with van der Waals surface area (Å²) in [5, 5.41) is 0. The molecule has 0 aliphatic carbocycles. The topological polar surface area (TPSA) is 0 Å². The molecule has 0 saturated carbocycles. The fraction of sp³-hybridized carbons (Fsp3) is 1.00. The van der Waals surface area contributed by atoms with Crippen molar-refractivity contribution in [2.24, 2.45) is 0 Å². The molecule has 0 saturated heterocycles. The molecule has 0 aromatic carbocycles. The molecule has 11 heavy (non-hydrogen) atoms. The smallest absolute Gasteiger partial charge is 0.0564 e. The minimum Gasteiger partial charge on any atom is -0.0656 e. The summed E-state index contributed by atoms with van der Waals surface area (Å²) in [4.78, 5) is 0. The Morgan fingerprint density at radius 3 is 0.545 bits per heavy atom. The van der Waals surface area contributed by atoms with E-state index in [1.807, 2.05) is 0 Å². The van der Waals surface area contributed by atoms with E-state index in [1.54, 1.807) is 0 Å². The third-order valence-electron chi connectivity index (χ3n) is 1.000. The van der Waals surface area contributed by atoms with Crippen LogP contribution in [0.1, 0.15) is 73.6 Å². The molecule has 0 amide bonds. The van der Waals surface area contributed by atoms with Gasteiger partial charge in [-0.2, -0.15) is 0 Å². The highest BCUT2D eigenvalue weighted by molar-refractivity contribution is 4.13. The van der Waals surface area contributed by atoms with Crippen molar-refractivity contribution in [1.29, 1.82) is 0 Å². The first-order valence-electron chi connectivity index (χ1n) is 5.24. The number of rotatable bonds is 2. The molecule has 0 rings (SSSR count). The molecule has 0 atom stereocenters. The number of hydrogen-bond donors (Lipinski definition) is 0. The van der Waals surface area contributed by atoms with Gasteiger partial charge in [-0.05, 0) is 0 Å². The summed E-state index contributed by atoms with van der Waals surface area (Å²) in [6.45, 7) is 13.0. The lowest BCUT2D eigenvalue weighted by molar-refractivity contribution is 0.886. The van der Waals surface area contributed by atoms with Crippen LogP contribution < -0.4 is 0 Å². The molecule has 0 heterocycles. The maximum absolute atomic E-state index is 2.18. The first-order valence-corrected chi connectivity index (χ1v) is 5.24. The van der Waals surface area contributed by atoms with Gasteiger partial charge in [0.2, 0.25) is 0 Å². The lowest BCUT2D eigenvalue weighted by Crippen LogP contribution is -1.47. The molecule has 0 heteroatoms. The zero-order chi connectivity index (χ0) is 9.54. The van der Waals surface area contributed by atoms with Crippen LogP contribution in [-0.2, 0) is 0 Å². The van der Waals surface area contributed by atoms with E-state index in [0.29, 0.717) is 0 Å². The molecule has 72 valence electrons. The molecule has 0 aliphatic rings. The van der Waals surface area contributed by atoms with Crippen LogP contribution in [-0.4, -0.2) is 0 Å². The standard InChI is InChI=1S/2C4H10.C3H8/c2*1-3-4-2;1-3-2/h2*3-4H2,1-2H3;3H2,1-2H3. The third kappa shape index (κ3) is 160. The minimum absolute atomic E-state index is 1.25. The van der Waals surface area contributed by atoms with Crippen molar-refractivity contribution in [3.63, 3.8) is 0 Å². The highest BCUT2D eigenvalue weighted by Gasteiger charge is 1.56. The van der Waals surface area contributed by atoms with Crippen molar-refractivity contribution in [2.45, 2.75) is 73.6 Å². The summed E-state index contributed by atoms with van der Waals surface area (Å²) in [6.07, 6.45) is 6.53. The van der Waals surface area contributed by atoms with Crippen LogP contribution in [0.15, 0.2) is 0 Å². The van der Waals surface area contributed by atoms with Crippen LogP contribution in [0.3, 0.4) is 0 Å². The van der Waals surface area contributed by atoms with Crippen molar-refractivity contribution in [1.82, 2.24) is 0 Å². The molecule has 0 bridgehead atoms. The van der Waals surface area contributed by atoms with Gasteiger partial charge in [0, 0.05) is 0 Å². The first-order chi connectivity index (χ1) is 5.24. The van der Waals surface area contributed by atoms with Gasteiger partial charge >= 0.3 is 0 Å². The van der Waals surface area contributed by atoms with Crippen molar-refractivity contribution in [2.75, 3.05) is 0 Å². The van der Waals surface area contributed by atoms with E-state index < -0.39 is 0 Å². The van der Waals surface area contributed by atoms with E-state index in [0.717, 1.165) is 0 Å². The lowest BCUT2D eigenvalue weighted by Gasteiger charge is -1.68. The van der Waals surface area contributed by atoms with Crippen molar-refractivity contribution >= 4 is 0 Å². The molecule has 0 nitrogen and oxygen atoms in total. The fourth-order valence-electron chi connectivity index (χ4n) is 0. The van der Waals surface area contributed by atoms with E-state index in [1.165, 1.54) is 32.1 Å². The Bertz CT molecular complexity index is 15.2. The summed E-state index contributed by atoms with van der Waals surface area (Å²) < 4.78 is 0. The molecule has 0 radical (unpaired) electrons. The molecule has 0 unspecified atom stereocenters. The molecule has 0 aliphatic heterocycles. The molecule has 0 aromatic heterocycles. The molecule has 0 fully saturated rings. The Balaban J connectivity index is -0.0000000886. The van der Waals surface area contributed by atoms with Crippen LogP contribution in [0, 0.1) is 0 Å². The number of unbranched alkanes of at least 4 members (excludes halogenated alkanes) is 2. The Morgan fingerprint density at radius 2 is 0.545 bits per heavy atom. The van der Waals surface area contributed by atoms with Crippen molar-refractivity contribution < 1.29 is 0 Å². The largest absolute Gasteiger partial charge is 0.0656 e. The van der Waals surface area contributed by atoms with E-state index in [-0.39, 0.29) is 0 Å². The van der Waals surface area contributed by atoms with Gasteiger partial charge in [0.25, 0.3) is 0 Å². The first kappa shape index (κ1) is 17.2. The van der Waals surface area contributed by atoms with Gasteiger partial charge in [-0.1, -0.05) is 73.6 Å². The summed E-state index contributed by atoms with van der Waals surface area (Å²) in [6, 6.07) is 0. The second-order valence-corrected chi connectivity index (χ2v) is 2.71. The molecule has 0 spiro atoms. The van der Waals surface area contributed by atoms with Gasteiger partial charge in [-0.25, -0.2) is 0 Å². The van der Waals surface area contributed by atoms with E-state index in [4.69, 9.17) is 0 Å². The highest BCUT2D eigenvalue weighted by atomic mass is 13.6. The highest BCUT2D eigenvalue weighted by Crippen LogP contribution is 1.77. The average Bonchev–Trinajstić information content (AvgIpc) is 2.06. The number of hydrogen-bond acceptors (Lipinski definition) is 0. The van der Waals surface area contributed by atoms with Crippen LogP contribution in [0.2, 0.25) is 0 Å². The summed E-state index contributed by atoms with van der Waals surface area (Å²) in [5.41, 5.74) is 0. The molecular weight excluding hydrogens is 132 g/mol. The van der Waals surface area contributed by atoms with E-state index >= 15 is 0 Å². The maximum Gasteiger partial charge on any atom is -0.0564 e. The lowest BCUT2D eigenvalue weighted by atomic mass is 10.4. The summed E-state index contributed by atoms with van der Waals surface area (Å²) in [5.74, 6) is 0. The zero-order valence-electron chi connectivity index (χ0n) is 9.54. The molecule has 0 N–H and O–H groups in total. The molecular formula is C11H28. The second-order valence-electron chi connectivity index (χ2n) is 2.71.